The van der Waals surface area contributed by atoms with E-state index in [1.54, 1.807) is 19.1 Å². The van der Waals surface area contributed by atoms with Gasteiger partial charge >= 0.3 is 0 Å². The average Bonchev–Trinajstić information content (AvgIpc) is 2.64. The van der Waals surface area contributed by atoms with Crippen LogP contribution < -0.4 is 10.6 Å². The highest BCUT2D eigenvalue weighted by molar-refractivity contribution is 8.01. The fourth-order valence-corrected chi connectivity index (χ4v) is 3.13. The van der Waals surface area contributed by atoms with Crippen molar-refractivity contribution < 1.29 is 9.59 Å². The van der Waals surface area contributed by atoms with Crippen molar-refractivity contribution in [1.82, 2.24) is 0 Å². The predicted octanol–water partition coefficient (Wildman–Crippen LogP) is 4.91. The van der Waals surface area contributed by atoms with E-state index in [0.717, 1.165) is 17.7 Å². The van der Waals surface area contributed by atoms with E-state index in [-0.39, 0.29) is 22.8 Å². The van der Waals surface area contributed by atoms with Crippen LogP contribution in [0.3, 0.4) is 0 Å². The second kappa shape index (κ2) is 9.64. The summed E-state index contributed by atoms with van der Waals surface area (Å²) in [7, 11) is 0. The molecule has 0 fully saturated rings. The van der Waals surface area contributed by atoms with Gasteiger partial charge in [0.15, 0.2) is 0 Å². The van der Waals surface area contributed by atoms with Gasteiger partial charge in [-0.15, -0.1) is 11.8 Å². The number of hydrogen-bond acceptors (Lipinski definition) is 3. The number of amides is 2. The molecule has 26 heavy (non-hydrogen) atoms. The summed E-state index contributed by atoms with van der Waals surface area (Å²) < 4.78 is 0. The van der Waals surface area contributed by atoms with Gasteiger partial charge in [0, 0.05) is 16.4 Å². The molecule has 0 spiro atoms. The molecule has 0 aromatic heterocycles. The molecule has 4 nitrogen and oxygen atoms in total. The number of halogens is 1. The third-order valence-corrected chi connectivity index (χ3v) is 5.56. The summed E-state index contributed by atoms with van der Waals surface area (Å²) in [4.78, 5) is 24.4. The van der Waals surface area contributed by atoms with Crippen molar-refractivity contribution in [3.63, 3.8) is 0 Å². The van der Waals surface area contributed by atoms with Crippen LogP contribution in [0.15, 0.2) is 42.5 Å². The first-order valence-corrected chi connectivity index (χ1v) is 9.89. The van der Waals surface area contributed by atoms with Crippen LogP contribution in [-0.4, -0.2) is 22.8 Å². The van der Waals surface area contributed by atoms with E-state index in [4.69, 9.17) is 11.6 Å². The maximum Gasteiger partial charge on any atom is 0.237 e. The Bertz CT molecular complexity index is 778. The number of carbonyl (C=O) groups is 2. The van der Waals surface area contributed by atoms with Crippen LogP contribution in [-0.2, 0) is 16.0 Å². The van der Waals surface area contributed by atoms with Crippen molar-refractivity contribution >= 4 is 46.6 Å². The van der Waals surface area contributed by atoms with Crippen molar-refractivity contribution in [2.45, 2.75) is 32.4 Å². The molecule has 0 unspecified atom stereocenters. The van der Waals surface area contributed by atoms with E-state index in [0.29, 0.717) is 10.7 Å². The summed E-state index contributed by atoms with van der Waals surface area (Å²) in [6.07, 6.45) is 0.961. The predicted molar refractivity (Wildman–Crippen MR) is 111 cm³/mol. The van der Waals surface area contributed by atoms with Gasteiger partial charge in [-0.3, -0.25) is 9.59 Å². The minimum Gasteiger partial charge on any atom is -0.325 e. The third-order valence-electron chi connectivity index (χ3n) is 4.01. The Hall–Kier alpha value is -1.98. The lowest BCUT2D eigenvalue weighted by Gasteiger charge is -2.14. The Morgan fingerprint density at radius 2 is 1.81 bits per heavy atom. The molecule has 2 amide bonds. The third kappa shape index (κ3) is 5.78. The zero-order valence-electron chi connectivity index (χ0n) is 15.1. The van der Waals surface area contributed by atoms with E-state index >= 15 is 0 Å². The molecule has 0 saturated heterocycles. The number of benzene rings is 2. The summed E-state index contributed by atoms with van der Waals surface area (Å²) in [6.45, 7) is 5.72. The highest BCUT2D eigenvalue weighted by Gasteiger charge is 2.16. The van der Waals surface area contributed by atoms with E-state index in [1.165, 1.54) is 17.3 Å². The number of hydrogen-bond donors (Lipinski definition) is 2. The Kier molecular flexibility index (Phi) is 7.54. The molecular weight excluding hydrogens is 368 g/mol. The van der Waals surface area contributed by atoms with Crippen LogP contribution >= 0.6 is 23.4 Å². The molecule has 2 aromatic rings. The molecule has 0 radical (unpaired) electrons. The van der Waals surface area contributed by atoms with Gasteiger partial charge in [0.1, 0.15) is 0 Å². The number of nitrogens with one attached hydrogen (secondary N) is 2. The van der Waals surface area contributed by atoms with Crippen LogP contribution in [0.25, 0.3) is 0 Å². The van der Waals surface area contributed by atoms with Gasteiger partial charge in [0.25, 0.3) is 0 Å². The molecule has 6 heteroatoms. The van der Waals surface area contributed by atoms with Gasteiger partial charge in [-0.05, 0) is 55.7 Å². The lowest BCUT2D eigenvalue weighted by molar-refractivity contribution is -0.115. The number of anilines is 2. The van der Waals surface area contributed by atoms with Gasteiger partial charge in [-0.1, -0.05) is 36.7 Å². The lowest BCUT2D eigenvalue weighted by Crippen LogP contribution is -2.25. The summed E-state index contributed by atoms with van der Waals surface area (Å²) in [6, 6.07) is 13.1. The first kappa shape index (κ1) is 20.3. The molecule has 0 heterocycles. The maximum atomic E-state index is 12.3. The first-order chi connectivity index (χ1) is 12.4. The zero-order chi connectivity index (χ0) is 19.1. The van der Waals surface area contributed by atoms with Crippen LogP contribution in [0.5, 0.6) is 0 Å². The fourth-order valence-electron chi connectivity index (χ4n) is 2.27. The summed E-state index contributed by atoms with van der Waals surface area (Å²) in [5.41, 5.74) is 3.50. The van der Waals surface area contributed by atoms with Crippen molar-refractivity contribution in [3.8, 4) is 0 Å². The molecule has 2 aromatic carbocycles. The van der Waals surface area contributed by atoms with Crippen molar-refractivity contribution in [3.05, 3.63) is 58.6 Å². The van der Waals surface area contributed by atoms with E-state index in [1.807, 2.05) is 37.3 Å². The molecule has 0 saturated carbocycles. The Balaban J connectivity index is 1.82. The molecule has 0 aliphatic rings. The van der Waals surface area contributed by atoms with Crippen molar-refractivity contribution in [1.29, 1.82) is 0 Å². The van der Waals surface area contributed by atoms with Gasteiger partial charge in [-0.25, -0.2) is 0 Å². The largest absolute Gasteiger partial charge is 0.325 e. The van der Waals surface area contributed by atoms with Gasteiger partial charge in [0.2, 0.25) is 11.8 Å². The molecule has 0 aliphatic heterocycles. The van der Waals surface area contributed by atoms with Crippen LogP contribution in [0.1, 0.15) is 25.0 Å². The monoisotopic (exact) mass is 390 g/mol. The van der Waals surface area contributed by atoms with Gasteiger partial charge in [0.05, 0.1) is 11.0 Å². The van der Waals surface area contributed by atoms with Crippen LogP contribution in [0.4, 0.5) is 11.4 Å². The smallest absolute Gasteiger partial charge is 0.237 e. The van der Waals surface area contributed by atoms with Gasteiger partial charge < -0.3 is 10.6 Å². The summed E-state index contributed by atoms with van der Waals surface area (Å²) in [5, 5.41) is 5.95. The van der Waals surface area contributed by atoms with Crippen molar-refractivity contribution in [2.24, 2.45) is 0 Å². The average molecular weight is 391 g/mol. The number of carbonyl (C=O) groups excluding carboxylic acids is 2. The lowest BCUT2D eigenvalue weighted by atomic mass is 10.1. The van der Waals surface area contributed by atoms with Crippen LogP contribution in [0, 0.1) is 6.92 Å². The minimum atomic E-state index is -0.360. The number of rotatable bonds is 7. The highest BCUT2D eigenvalue weighted by atomic mass is 35.5. The maximum absolute atomic E-state index is 12.3. The number of thioether (sulfide) groups is 1. The Morgan fingerprint density at radius 1 is 1.12 bits per heavy atom. The van der Waals surface area contributed by atoms with E-state index in [2.05, 4.69) is 17.6 Å². The Morgan fingerprint density at radius 3 is 2.46 bits per heavy atom. The van der Waals surface area contributed by atoms with E-state index in [9.17, 15) is 9.59 Å². The molecule has 1 atom stereocenters. The molecule has 2 N–H and O–H groups in total. The zero-order valence-corrected chi connectivity index (χ0v) is 16.7. The fraction of sp³-hybridized carbons (Fsp3) is 0.300. The Labute approximate surface area is 163 Å². The molecule has 2 rings (SSSR count). The first-order valence-electron chi connectivity index (χ1n) is 8.47. The second-order valence-electron chi connectivity index (χ2n) is 5.95. The molecule has 0 bridgehead atoms. The quantitative estimate of drug-likeness (QED) is 0.706. The standard InChI is InChI=1S/C20H23ClN2O2S/c1-4-15-8-10-16(11-9-15)22-19(24)12-26-14(3)20(25)23-18-7-5-6-17(21)13(18)2/h5-11,14H,4,12H2,1-3H3,(H,22,24)(H,23,25)/t14-/m1/s1. The summed E-state index contributed by atoms with van der Waals surface area (Å²) in [5.74, 6) is -0.0724. The molecule has 0 aliphatic carbocycles. The summed E-state index contributed by atoms with van der Waals surface area (Å²) >= 11 is 7.36. The second-order valence-corrected chi connectivity index (χ2v) is 7.69. The van der Waals surface area contributed by atoms with Crippen LogP contribution in [0.2, 0.25) is 5.02 Å². The van der Waals surface area contributed by atoms with Crippen molar-refractivity contribution in [2.75, 3.05) is 16.4 Å². The van der Waals surface area contributed by atoms with Gasteiger partial charge in [-0.2, -0.15) is 0 Å². The highest BCUT2D eigenvalue weighted by Crippen LogP contribution is 2.24. The molecular formula is C20H23ClN2O2S. The SMILES string of the molecule is CCc1ccc(NC(=O)CS[C@H](C)C(=O)Nc2cccc(Cl)c2C)cc1. The minimum absolute atomic E-state index is 0.127. The molecule has 138 valence electrons. The number of aryl methyl sites for hydroxylation is 1. The topological polar surface area (TPSA) is 58.2 Å². The normalized spacial score (nSPS) is 11.7. The van der Waals surface area contributed by atoms with E-state index < -0.39 is 0 Å².